The van der Waals surface area contributed by atoms with Crippen LogP contribution in [0, 0.1) is 0 Å². The second-order valence-electron chi connectivity index (χ2n) is 3.87. The predicted octanol–water partition coefficient (Wildman–Crippen LogP) is 0.349. The van der Waals surface area contributed by atoms with Gasteiger partial charge in [0.15, 0.2) is 0 Å². The molecular weight excluding hydrogens is 214 g/mol. The molecule has 0 radical (unpaired) electrons. The minimum absolute atomic E-state index is 0.120. The van der Waals surface area contributed by atoms with Gasteiger partial charge in [0, 0.05) is 12.9 Å². The van der Waals surface area contributed by atoms with Crippen LogP contribution in [0.5, 0.6) is 0 Å². The summed E-state index contributed by atoms with van der Waals surface area (Å²) in [7, 11) is 1.65. The van der Waals surface area contributed by atoms with E-state index in [9.17, 15) is 9.90 Å². The Morgan fingerprint density at radius 1 is 1.60 bits per heavy atom. The zero-order valence-electron chi connectivity index (χ0n) is 9.36. The van der Waals surface area contributed by atoms with Crippen molar-refractivity contribution >= 4 is 17.7 Å². The number of nitrogens with zero attached hydrogens (tertiary/aromatic N) is 1. The van der Waals surface area contributed by atoms with Gasteiger partial charge < -0.3 is 14.7 Å². The van der Waals surface area contributed by atoms with Crippen LogP contribution in [-0.4, -0.2) is 59.8 Å². The third-order valence-electron chi connectivity index (χ3n) is 2.64. The van der Waals surface area contributed by atoms with Gasteiger partial charge >= 0.3 is 0 Å². The molecule has 0 atom stereocenters. The second-order valence-corrected chi connectivity index (χ2v) is 4.98. The molecule has 4 nitrogen and oxygen atoms in total. The third-order valence-corrected chi connectivity index (χ3v) is 3.54. The molecular formula is C10H19NO3S. The highest BCUT2D eigenvalue weighted by Gasteiger charge is 2.41. The lowest BCUT2D eigenvalue weighted by Crippen LogP contribution is -2.63. The number of hydrogen-bond donors (Lipinski definition) is 1. The van der Waals surface area contributed by atoms with Gasteiger partial charge in [0.1, 0.15) is 0 Å². The molecule has 5 heteroatoms. The van der Waals surface area contributed by atoms with Gasteiger partial charge in [-0.1, -0.05) is 6.92 Å². The Bertz CT molecular complexity index is 217. The molecule has 0 saturated carbocycles. The minimum Gasteiger partial charge on any atom is -0.386 e. The van der Waals surface area contributed by atoms with E-state index in [1.165, 1.54) is 0 Å². The zero-order chi connectivity index (χ0) is 11.3. The molecule has 1 rings (SSSR count). The molecule has 1 aliphatic heterocycles. The lowest BCUT2D eigenvalue weighted by Gasteiger charge is -2.46. The number of β-amino-alcohol motifs (C(OH)–C–C–N with tert-alkyl or cyclic N) is 1. The van der Waals surface area contributed by atoms with Crippen LogP contribution in [0.1, 0.15) is 13.3 Å². The summed E-state index contributed by atoms with van der Waals surface area (Å²) in [5.74, 6) is 1.45. The number of aliphatic hydroxyl groups is 1. The first kappa shape index (κ1) is 12.8. The number of thioether (sulfide) groups is 1. The van der Waals surface area contributed by atoms with E-state index < -0.39 is 5.60 Å². The van der Waals surface area contributed by atoms with Crippen molar-refractivity contribution in [2.75, 3.05) is 38.3 Å². The number of methoxy groups -OCH3 is 1. The molecule has 1 fully saturated rings. The number of rotatable bonds is 6. The SMILES string of the molecule is CCC1(O)CN(C(=O)CSCCOC)C1. The van der Waals surface area contributed by atoms with Gasteiger partial charge in [0.2, 0.25) is 5.91 Å². The van der Waals surface area contributed by atoms with Crippen molar-refractivity contribution < 1.29 is 14.6 Å². The average Bonchev–Trinajstić information content (AvgIpc) is 2.19. The predicted molar refractivity (Wildman–Crippen MR) is 61.0 cm³/mol. The molecule has 88 valence electrons. The van der Waals surface area contributed by atoms with Crippen molar-refractivity contribution in [1.82, 2.24) is 4.90 Å². The second kappa shape index (κ2) is 5.72. The van der Waals surface area contributed by atoms with E-state index in [2.05, 4.69) is 0 Å². The Morgan fingerprint density at radius 2 is 2.27 bits per heavy atom. The number of carbonyl (C=O) groups excluding carboxylic acids is 1. The maximum Gasteiger partial charge on any atom is 0.232 e. The van der Waals surface area contributed by atoms with Gasteiger partial charge in [-0.25, -0.2) is 0 Å². The number of hydrogen-bond acceptors (Lipinski definition) is 4. The van der Waals surface area contributed by atoms with Gasteiger partial charge in [-0.15, -0.1) is 11.8 Å². The number of likely N-dealkylation sites (tertiary alicyclic amines) is 1. The lowest BCUT2D eigenvalue weighted by atomic mass is 9.91. The van der Waals surface area contributed by atoms with Crippen LogP contribution in [0.4, 0.5) is 0 Å². The molecule has 0 unspecified atom stereocenters. The third kappa shape index (κ3) is 3.66. The summed E-state index contributed by atoms with van der Waals surface area (Å²) in [5, 5.41) is 9.73. The first-order valence-corrected chi connectivity index (χ1v) is 6.33. The Balaban J connectivity index is 2.10. The summed E-state index contributed by atoms with van der Waals surface area (Å²) in [5.41, 5.74) is -0.618. The summed E-state index contributed by atoms with van der Waals surface area (Å²) in [6.45, 7) is 3.60. The normalized spacial score (nSPS) is 18.7. The topological polar surface area (TPSA) is 49.8 Å². The highest BCUT2D eigenvalue weighted by molar-refractivity contribution is 7.99. The van der Waals surface area contributed by atoms with Crippen LogP contribution in [0.2, 0.25) is 0 Å². The highest BCUT2D eigenvalue weighted by Crippen LogP contribution is 2.24. The van der Waals surface area contributed by atoms with Gasteiger partial charge in [0.05, 0.1) is 31.1 Å². The van der Waals surface area contributed by atoms with E-state index in [0.717, 1.165) is 5.75 Å². The Morgan fingerprint density at radius 3 is 2.80 bits per heavy atom. The van der Waals surface area contributed by atoms with E-state index in [-0.39, 0.29) is 5.91 Å². The first-order valence-electron chi connectivity index (χ1n) is 5.18. The molecule has 0 spiro atoms. The molecule has 0 aliphatic carbocycles. The maximum absolute atomic E-state index is 11.5. The van der Waals surface area contributed by atoms with Crippen LogP contribution >= 0.6 is 11.8 Å². The molecule has 0 aromatic heterocycles. The maximum atomic E-state index is 11.5. The standard InChI is InChI=1S/C10H19NO3S/c1-3-10(13)7-11(8-10)9(12)6-15-5-4-14-2/h13H,3-8H2,1-2H3. The number of ether oxygens (including phenoxy) is 1. The highest BCUT2D eigenvalue weighted by atomic mass is 32.2. The summed E-state index contributed by atoms with van der Waals surface area (Å²) < 4.78 is 4.89. The molecule has 1 heterocycles. The van der Waals surface area contributed by atoms with E-state index in [0.29, 0.717) is 31.9 Å². The quantitative estimate of drug-likeness (QED) is 0.673. The fraction of sp³-hybridized carbons (Fsp3) is 0.900. The molecule has 0 bridgehead atoms. The molecule has 15 heavy (non-hydrogen) atoms. The van der Waals surface area contributed by atoms with Gasteiger partial charge in [-0.05, 0) is 6.42 Å². The molecule has 1 saturated heterocycles. The van der Waals surface area contributed by atoms with E-state index in [4.69, 9.17) is 4.74 Å². The number of carbonyl (C=O) groups is 1. The zero-order valence-corrected chi connectivity index (χ0v) is 10.2. The van der Waals surface area contributed by atoms with E-state index in [1.807, 2.05) is 6.92 Å². The van der Waals surface area contributed by atoms with Crippen LogP contribution in [0.25, 0.3) is 0 Å². The monoisotopic (exact) mass is 233 g/mol. The van der Waals surface area contributed by atoms with Crippen molar-refractivity contribution in [3.05, 3.63) is 0 Å². The minimum atomic E-state index is -0.618. The van der Waals surface area contributed by atoms with Crippen LogP contribution in [0.3, 0.4) is 0 Å². The Kier molecular flexibility index (Phi) is 4.89. The lowest BCUT2D eigenvalue weighted by molar-refractivity contribution is -0.152. The molecule has 1 amide bonds. The van der Waals surface area contributed by atoms with Crippen LogP contribution in [0.15, 0.2) is 0 Å². The largest absolute Gasteiger partial charge is 0.386 e. The smallest absolute Gasteiger partial charge is 0.232 e. The van der Waals surface area contributed by atoms with E-state index in [1.54, 1.807) is 23.8 Å². The van der Waals surface area contributed by atoms with Crippen molar-refractivity contribution in [2.45, 2.75) is 18.9 Å². The van der Waals surface area contributed by atoms with E-state index >= 15 is 0 Å². The van der Waals surface area contributed by atoms with Gasteiger partial charge in [-0.3, -0.25) is 4.79 Å². The van der Waals surface area contributed by atoms with Crippen molar-refractivity contribution in [1.29, 1.82) is 0 Å². The van der Waals surface area contributed by atoms with Gasteiger partial charge in [0.25, 0.3) is 0 Å². The summed E-state index contributed by atoms with van der Waals surface area (Å²) >= 11 is 1.57. The van der Waals surface area contributed by atoms with Crippen LogP contribution in [-0.2, 0) is 9.53 Å². The Labute approximate surface area is 95.0 Å². The average molecular weight is 233 g/mol. The summed E-state index contributed by atoms with van der Waals surface area (Å²) in [4.78, 5) is 13.3. The molecule has 0 aromatic rings. The van der Waals surface area contributed by atoms with Gasteiger partial charge in [-0.2, -0.15) is 0 Å². The number of amides is 1. The molecule has 1 N–H and O–H groups in total. The van der Waals surface area contributed by atoms with Crippen LogP contribution < -0.4 is 0 Å². The fourth-order valence-corrected chi connectivity index (χ4v) is 2.24. The molecule has 0 aromatic carbocycles. The van der Waals surface area contributed by atoms with Crippen molar-refractivity contribution in [3.8, 4) is 0 Å². The summed E-state index contributed by atoms with van der Waals surface area (Å²) in [6, 6.07) is 0. The Hall–Kier alpha value is -0.260. The summed E-state index contributed by atoms with van der Waals surface area (Å²) in [6.07, 6.45) is 0.716. The fourth-order valence-electron chi connectivity index (χ4n) is 1.46. The molecule has 1 aliphatic rings. The van der Waals surface area contributed by atoms with Crippen molar-refractivity contribution in [3.63, 3.8) is 0 Å². The first-order chi connectivity index (χ1) is 7.11. The van der Waals surface area contributed by atoms with Crippen molar-refractivity contribution in [2.24, 2.45) is 0 Å².